The fourth-order valence-corrected chi connectivity index (χ4v) is 2.21. The zero-order valence-electron chi connectivity index (χ0n) is 15.6. The number of carbonyl (C=O) groups is 2. The van der Waals surface area contributed by atoms with Crippen LogP contribution < -0.4 is 15.4 Å². The Balaban J connectivity index is 2.14. The van der Waals surface area contributed by atoms with Crippen molar-refractivity contribution in [1.29, 1.82) is 0 Å². The van der Waals surface area contributed by atoms with Crippen LogP contribution in [0.25, 0.3) is 0 Å². The molecule has 0 saturated carbocycles. The molecule has 0 fully saturated rings. The number of phenolic OH excluding ortho intramolecular Hbond substituents is 1. The van der Waals surface area contributed by atoms with E-state index in [9.17, 15) is 14.7 Å². The summed E-state index contributed by atoms with van der Waals surface area (Å²) in [7, 11) is 1.42. The van der Waals surface area contributed by atoms with Crippen molar-refractivity contribution < 1.29 is 19.4 Å². The predicted octanol–water partition coefficient (Wildman–Crippen LogP) is 3.95. The summed E-state index contributed by atoms with van der Waals surface area (Å²) in [5.74, 6) is -0.198. The molecular weight excluding hydrogens is 332 g/mol. The average molecular weight is 356 g/mol. The number of rotatable bonds is 4. The number of aryl methyl sites for hydroxylation is 1. The van der Waals surface area contributed by atoms with Gasteiger partial charge in [0.15, 0.2) is 11.5 Å². The molecule has 6 heteroatoms. The molecule has 0 unspecified atom stereocenters. The Kier molecular flexibility index (Phi) is 5.55. The van der Waals surface area contributed by atoms with E-state index in [0.717, 1.165) is 5.56 Å². The molecule has 0 radical (unpaired) electrons. The van der Waals surface area contributed by atoms with Crippen LogP contribution in [0.5, 0.6) is 11.5 Å². The van der Waals surface area contributed by atoms with Crippen LogP contribution in [-0.2, 0) is 4.79 Å². The van der Waals surface area contributed by atoms with E-state index in [0.29, 0.717) is 16.9 Å². The summed E-state index contributed by atoms with van der Waals surface area (Å²) < 4.78 is 5.02. The quantitative estimate of drug-likeness (QED) is 0.774. The van der Waals surface area contributed by atoms with Gasteiger partial charge in [0, 0.05) is 22.4 Å². The van der Waals surface area contributed by atoms with Crippen LogP contribution in [0.1, 0.15) is 36.7 Å². The monoisotopic (exact) mass is 356 g/mol. The maximum atomic E-state index is 12.4. The second-order valence-corrected chi connectivity index (χ2v) is 7.07. The Bertz CT molecular complexity index is 838. The second-order valence-electron chi connectivity index (χ2n) is 7.07. The topological polar surface area (TPSA) is 87.7 Å². The van der Waals surface area contributed by atoms with Gasteiger partial charge in [0.1, 0.15) is 0 Å². The van der Waals surface area contributed by atoms with Crippen LogP contribution in [-0.4, -0.2) is 24.0 Å². The van der Waals surface area contributed by atoms with E-state index >= 15 is 0 Å². The van der Waals surface area contributed by atoms with Crippen LogP contribution in [0, 0.1) is 12.3 Å². The normalized spacial score (nSPS) is 11.0. The molecular formula is C20H24N2O4. The first kappa shape index (κ1) is 19.3. The molecule has 0 aromatic heterocycles. The highest BCUT2D eigenvalue weighted by molar-refractivity contribution is 6.05. The third-order valence-corrected chi connectivity index (χ3v) is 3.86. The first-order valence-corrected chi connectivity index (χ1v) is 8.22. The summed E-state index contributed by atoms with van der Waals surface area (Å²) in [6.45, 7) is 7.39. The van der Waals surface area contributed by atoms with Crippen molar-refractivity contribution in [2.24, 2.45) is 5.41 Å². The lowest BCUT2D eigenvalue weighted by molar-refractivity contribution is -0.123. The minimum atomic E-state index is -0.489. The van der Waals surface area contributed by atoms with Crippen molar-refractivity contribution >= 4 is 23.2 Å². The number of methoxy groups -OCH3 is 1. The zero-order chi connectivity index (χ0) is 19.5. The van der Waals surface area contributed by atoms with Gasteiger partial charge in [0.25, 0.3) is 5.91 Å². The minimum Gasteiger partial charge on any atom is -0.504 e. The third-order valence-electron chi connectivity index (χ3n) is 3.86. The van der Waals surface area contributed by atoms with E-state index in [4.69, 9.17) is 4.74 Å². The van der Waals surface area contributed by atoms with Crippen LogP contribution in [0.15, 0.2) is 36.4 Å². The van der Waals surface area contributed by atoms with Gasteiger partial charge in [-0.15, -0.1) is 0 Å². The highest BCUT2D eigenvalue weighted by Crippen LogP contribution is 2.27. The first-order chi connectivity index (χ1) is 12.1. The lowest BCUT2D eigenvalue weighted by Gasteiger charge is -2.19. The van der Waals surface area contributed by atoms with Crippen LogP contribution in [0.4, 0.5) is 11.4 Å². The summed E-state index contributed by atoms with van der Waals surface area (Å²) in [6.07, 6.45) is 0. The van der Waals surface area contributed by atoms with E-state index in [-0.39, 0.29) is 23.3 Å². The number of phenols is 1. The summed E-state index contributed by atoms with van der Waals surface area (Å²) in [5, 5.41) is 15.3. The molecule has 3 N–H and O–H groups in total. The van der Waals surface area contributed by atoms with Gasteiger partial charge < -0.3 is 20.5 Å². The molecule has 0 spiro atoms. The van der Waals surface area contributed by atoms with Crippen LogP contribution in [0.2, 0.25) is 0 Å². The van der Waals surface area contributed by atoms with Crippen molar-refractivity contribution in [1.82, 2.24) is 0 Å². The number of aromatic hydroxyl groups is 1. The lowest BCUT2D eigenvalue weighted by Crippen LogP contribution is -2.27. The number of anilines is 2. The number of amides is 2. The number of hydrogen-bond acceptors (Lipinski definition) is 4. The van der Waals surface area contributed by atoms with Gasteiger partial charge in [-0.25, -0.2) is 0 Å². The van der Waals surface area contributed by atoms with Gasteiger partial charge in [-0.1, -0.05) is 20.8 Å². The summed E-state index contributed by atoms with van der Waals surface area (Å²) in [5.41, 5.74) is 2.02. The molecule has 2 amide bonds. The van der Waals surface area contributed by atoms with Crippen molar-refractivity contribution in [2.75, 3.05) is 17.7 Å². The smallest absolute Gasteiger partial charge is 0.255 e. The molecule has 0 bridgehead atoms. The van der Waals surface area contributed by atoms with E-state index < -0.39 is 5.41 Å². The maximum Gasteiger partial charge on any atom is 0.255 e. The second kappa shape index (κ2) is 7.47. The Morgan fingerprint density at radius 2 is 1.73 bits per heavy atom. The van der Waals surface area contributed by atoms with Gasteiger partial charge >= 0.3 is 0 Å². The molecule has 0 atom stereocenters. The van der Waals surface area contributed by atoms with E-state index in [1.165, 1.54) is 25.3 Å². The Hall–Kier alpha value is -3.02. The van der Waals surface area contributed by atoms with Crippen molar-refractivity contribution in [3.8, 4) is 11.5 Å². The van der Waals surface area contributed by atoms with Crippen LogP contribution in [0.3, 0.4) is 0 Å². The van der Waals surface area contributed by atoms with Gasteiger partial charge in [0.05, 0.1) is 7.11 Å². The molecule has 0 aliphatic carbocycles. The average Bonchev–Trinajstić information content (AvgIpc) is 2.56. The number of hydrogen-bond donors (Lipinski definition) is 3. The standard InChI is InChI=1S/C20H24N2O4/c1-12-10-14(7-8-15(12)22-19(25)20(2,3)4)21-18(24)13-6-9-16(23)17(11-13)26-5/h6-11,23H,1-5H3,(H,21,24)(H,22,25). The number of ether oxygens (including phenoxy) is 1. The third kappa shape index (κ3) is 4.53. The highest BCUT2D eigenvalue weighted by atomic mass is 16.5. The van der Waals surface area contributed by atoms with E-state index in [1.54, 1.807) is 18.2 Å². The van der Waals surface area contributed by atoms with Gasteiger partial charge in [-0.3, -0.25) is 9.59 Å². The van der Waals surface area contributed by atoms with E-state index in [2.05, 4.69) is 10.6 Å². The minimum absolute atomic E-state index is 0.0289. The number of carbonyl (C=O) groups excluding carboxylic acids is 2. The van der Waals surface area contributed by atoms with Gasteiger partial charge in [-0.05, 0) is 48.9 Å². The molecule has 2 aromatic carbocycles. The number of benzene rings is 2. The predicted molar refractivity (Wildman–Crippen MR) is 102 cm³/mol. The fraction of sp³-hybridized carbons (Fsp3) is 0.300. The lowest BCUT2D eigenvalue weighted by atomic mass is 9.95. The largest absolute Gasteiger partial charge is 0.504 e. The molecule has 2 rings (SSSR count). The van der Waals surface area contributed by atoms with E-state index in [1.807, 2.05) is 27.7 Å². The Morgan fingerprint density at radius 1 is 1.04 bits per heavy atom. The van der Waals surface area contributed by atoms with Crippen molar-refractivity contribution in [3.05, 3.63) is 47.5 Å². The van der Waals surface area contributed by atoms with Crippen molar-refractivity contribution in [2.45, 2.75) is 27.7 Å². The maximum absolute atomic E-state index is 12.4. The Labute approximate surface area is 153 Å². The summed E-state index contributed by atoms with van der Waals surface area (Å²) in [4.78, 5) is 24.5. The highest BCUT2D eigenvalue weighted by Gasteiger charge is 2.21. The molecule has 0 heterocycles. The van der Waals surface area contributed by atoms with Gasteiger partial charge in [-0.2, -0.15) is 0 Å². The number of nitrogens with one attached hydrogen (secondary N) is 2. The summed E-state index contributed by atoms with van der Waals surface area (Å²) in [6, 6.07) is 9.65. The molecule has 0 saturated heterocycles. The van der Waals surface area contributed by atoms with Gasteiger partial charge in [0.2, 0.25) is 5.91 Å². The molecule has 0 aliphatic heterocycles. The first-order valence-electron chi connectivity index (χ1n) is 8.22. The Morgan fingerprint density at radius 3 is 2.31 bits per heavy atom. The fourth-order valence-electron chi connectivity index (χ4n) is 2.21. The zero-order valence-corrected chi connectivity index (χ0v) is 15.6. The molecule has 2 aromatic rings. The molecule has 0 aliphatic rings. The molecule has 138 valence electrons. The van der Waals surface area contributed by atoms with Crippen LogP contribution >= 0.6 is 0 Å². The summed E-state index contributed by atoms with van der Waals surface area (Å²) >= 11 is 0. The SMILES string of the molecule is COc1cc(C(=O)Nc2ccc(NC(=O)C(C)(C)C)c(C)c2)ccc1O. The molecule has 6 nitrogen and oxygen atoms in total. The molecule has 26 heavy (non-hydrogen) atoms. The van der Waals surface area contributed by atoms with Crippen molar-refractivity contribution in [3.63, 3.8) is 0 Å².